The molecule has 1 aromatic carbocycles. The summed E-state index contributed by atoms with van der Waals surface area (Å²) in [4.78, 5) is 14.8. The lowest BCUT2D eigenvalue weighted by atomic mass is 10.0. The number of carboxylic acids is 1. The van der Waals surface area contributed by atoms with Crippen LogP contribution in [-0.2, 0) is 11.2 Å². The van der Waals surface area contributed by atoms with Gasteiger partial charge in [0.1, 0.15) is 0 Å². The molecular formula is C16H16ClNO2. The van der Waals surface area contributed by atoms with E-state index in [1.165, 1.54) is 5.56 Å². The molecule has 1 heterocycles. The van der Waals surface area contributed by atoms with Crippen molar-refractivity contribution < 1.29 is 9.90 Å². The van der Waals surface area contributed by atoms with E-state index in [1.54, 1.807) is 25.4 Å². The van der Waals surface area contributed by atoms with E-state index in [9.17, 15) is 4.79 Å². The lowest BCUT2D eigenvalue weighted by Gasteiger charge is -2.03. The minimum absolute atomic E-state index is 0. The smallest absolute Gasteiger partial charge is 0.331 e. The molecule has 4 heteroatoms. The Morgan fingerprint density at radius 1 is 1.20 bits per heavy atom. The van der Waals surface area contributed by atoms with Gasteiger partial charge in [0.2, 0.25) is 0 Å². The summed E-state index contributed by atoms with van der Waals surface area (Å²) in [5.41, 5.74) is 3.58. The second-order valence-electron chi connectivity index (χ2n) is 4.41. The van der Waals surface area contributed by atoms with Crippen LogP contribution >= 0.6 is 12.4 Å². The summed E-state index contributed by atoms with van der Waals surface area (Å²) in [7, 11) is 0. The molecule has 0 bridgehead atoms. The van der Waals surface area contributed by atoms with Crippen LogP contribution in [0.2, 0.25) is 0 Å². The Kier molecular flexibility index (Phi) is 5.94. The Hall–Kier alpha value is -2.13. The third-order valence-corrected chi connectivity index (χ3v) is 2.83. The molecule has 1 N–H and O–H groups in total. The standard InChI is InChI=1S/C16H15NO2.ClH/c1-12(16(18)19)9-14-3-2-4-15(11-14)10-13-5-7-17-8-6-13;/h2-9,11H,10H2,1H3,(H,18,19);1H/b12-9+;. The Balaban J connectivity index is 0.00000200. The van der Waals surface area contributed by atoms with Crippen LogP contribution in [0.4, 0.5) is 0 Å². The Morgan fingerprint density at radius 3 is 2.55 bits per heavy atom. The number of pyridine rings is 1. The average molecular weight is 290 g/mol. The molecule has 0 unspecified atom stereocenters. The van der Waals surface area contributed by atoms with Gasteiger partial charge in [-0.25, -0.2) is 4.79 Å². The Labute approximate surface area is 124 Å². The fraction of sp³-hybridized carbons (Fsp3) is 0.125. The monoisotopic (exact) mass is 289 g/mol. The first-order valence-corrected chi connectivity index (χ1v) is 6.04. The molecule has 0 radical (unpaired) electrons. The summed E-state index contributed by atoms with van der Waals surface area (Å²) in [5.74, 6) is -0.889. The van der Waals surface area contributed by atoms with E-state index in [-0.39, 0.29) is 12.4 Å². The maximum Gasteiger partial charge on any atom is 0.331 e. The zero-order valence-corrected chi connectivity index (χ0v) is 11.9. The number of aliphatic carboxylic acids is 1. The van der Waals surface area contributed by atoms with Gasteiger partial charge in [-0.05, 0) is 48.2 Å². The second-order valence-corrected chi connectivity index (χ2v) is 4.41. The molecule has 3 nitrogen and oxygen atoms in total. The largest absolute Gasteiger partial charge is 0.478 e. The molecule has 0 aliphatic rings. The molecule has 1 aromatic heterocycles. The van der Waals surface area contributed by atoms with Crippen molar-refractivity contribution in [2.75, 3.05) is 0 Å². The van der Waals surface area contributed by atoms with Crippen molar-refractivity contribution in [3.63, 3.8) is 0 Å². The van der Waals surface area contributed by atoms with Gasteiger partial charge in [-0.3, -0.25) is 4.98 Å². The Morgan fingerprint density at radius 2 is 1.90 bits per heavy atom. The number of hydrogen-bond acceptors (Lipinski definition) is 2. The molecule has 0 amide bonds. The molecule has 0 fully saturated rings. The van der Waals surface area contributed by atoms with Gasteiger partial charge in [-0.2, -0.15) is 0 Å². The second kappa shape index (κ2) is 7.46. The number of rotatable bonds is 4. The zero-order valence-electron chi connectivity index (χ0n) is 11.1. The van der Waals surface area contributed by atoms with Crippen molar-refractivity contribution in [1.82, 2.24) is 4.98 Å². The third kappa shape index (κ3) is 4.52. The highest BCUT2D eigenvalue weighted by atomic mass is 35.5. The summed E-state index contributed by atoms with van der Waals surface area (Å²) in [6, 6.07) is 11.8. The molecule has 2 rings (SSSR count). The number of carbonyl (C=O) groups is 1. The van der Waals surface area contributed by atoms with Crippen molar-refractivity contribution in [2.24, 2.45) is 0 Å². The zero-order chi connectivity index (χ0) is 13.7. The maximum atomic E-state index is 10.8. The minimum atomic E-state index is -0.889. The van der Waals surface area contributed by atoms with Crippen molar-refractivity contribution in [3.8, 4) is 0 Å². The van der Waals surface area contributed by atoms with Crippen molar-refractivity contribution in [2.45, 2.75) is 13.3 Å². The molecule has 0 saturated heterocycles. The fourth-order valence-electron chi connectivity index (χ4n) is 1.84. The summed E-state index contributed by atoms with van der Waals surface area (Å²) in [6.07, 6.45) is 6.04. The summed E-state index contributed by atoms with van der Waals surface area (Å²) in [6.45, 7) is 1.60. The van der Waals surface area contributed by atoms with Crippen LogP contribution in [0, 0.1) is 0 Å². The first kappa shape index (κ1) is 15.9. The number of aromatic nitrogens is 1. The van der Waals surface area contributed by atoms with E-state index in [1.807, 2.05) is 36.4 Å². The van der Waals surface area contributed by atoms with Gasteiger partial charge < -0.3 is 5.11 Å². The highest BCUT2D eigenvalue weighted by Crippen LogP contribution is 2.13. The predicted octanol–water partition coefficient (Wildman–Crippen LogP) is 3.58. The summed E-state index contributed by atoms with van der Waals surface area (Å²) < 4.78 is 0. The number of hydrogen-bond donors (Lipinski definition) is 1. The van der Waals surface area contributed by atoms with Crippen molar-refractivity contribution >= 4 is 24.5 Å². The molecule has 2 aromatic rings. The summed E-state index contributed by atoms with van der Waals surface area (Å²) >= 11 is 0. The van der Waals surface area contributed by atoms with Gasteiger partial charge in [-0.15, -0.1) is 12.4 Å². The van der Waals surface area contributed by atoms with Crippen LogP contribution in [0.5, 0.6) is 0 Å². The van der Waals surface area contributed by atoms with Crippen LogP contribution in [0.1, 0.15) is 23.6 Å². The van der Waals surface area contributed by atoms with E-state index < -0.39 is 5.97 Å². The van der Waals surface area contributed by atoms with Gasteiger partial charge in [0.25, 0.3) is 0 Å². The molecule has 0 saturated carbocycles. The lowest BCUT2D eigenvalue weighted by Crippen LogP contribution is -1.95. The van der Waals surface area contributed by atoms with Gasteiger partial charge in [0, 0.05) is 18.0 Å². The Bertz CT molecular complexity index is 609. The van der Waals surface area contributed by atoms with Crippen LogP contribution in [-0.4, -0.2) is 16.1 Å². The first-order chi connectivity index (χ1) is 9.15. The number of nitrogens with zero attached hydrogens (tertiary/aromatic N) is 1. The van der Waals surface area contributed by atoms with Crippen LogP contribution in [0.25, 0.3) is 6.08 Å². The SMILES string of the molecule is C/C(=C\c1cccc(Cc2ccncc2)c1)C(=O)O.Cl. The highest BCUT2D eigenvalue weighted by molar-refractivity contribution is 5.91. The summed E-state index contributed by atoms with van der Waals surface area (Å²) in [5, 5.41) is 8.87. The third-order valence-electron chi connectivity index (χ3n) is 2.83. The normalized spacial score (nSPS) is 10.8. The number of halogens is 1. The number of carboxylic acid groups (broad SMARTS) is 1. The van der Waals surface area contributed by atoms with Crippen LogP contribution in [0.3, 0.4) is 0 Å². The fourth-order valence-corrected chi connectivity index (χ4v) is 1.84. The maximum absolute atomic E-state index is 10.8. The molecule has 104 valence electrons. The van der Waals surface area contributed by atoms with Gasteiger partial charge in [0.15, 0.2) is 0 Å². The van der Waals surface area contributed by atoms with Gasteiger partial charge in [-0.1, -0.05) is 24.3 Å². The molecule has 20 heavy (non-hydrogen) atoms. The van der Waals surface area contributed by atoms with Crippen LogP contribution in [0.15, 0.2) is 54.4 Å². The minimum Gasteiger partial charge on any atom is -0.478 e. The molecule has 0 aliphatic heterocycles. The van der Waals surface area contributed by atoms with Crippen LogP contribution < -0.4 is 0 Å². The average Bonchev–Trinajstić information content (AvgIpc) is 2.40. The molecule has 0 spiro atoms. The van der Waals surface area contributed by atoms with E-state index in [4.69, 9.17) is 5.11 Å². The quantitative estimate of drug-likeness (QED) is 0.875. The van der Waals surface area contributed by atoms with Crippen molar-refractivity contribution in [1.29, 1.82) is 0 Å². The molecule has 0 atom stereocenters. The molecular weight excluding hydrogens is 274 g/mol. The van der Waals surface area contributed by atoms with E-state index in [0.717, 1.165) is 17.5 Å². The first-order valence-electron chi connectivity index (χ1n) is 6.04. The predicted molar refractivity (Wildman–Crippen MR) is 82.0 cm³/mol. The lowest BCUT2D eigenvalue weighted by molar-refractivity contribution is -0.132. The van der Waals surface area contributed by atoms with Gasteiger partial charge in [0.05, 0.1) is 0 Å². The van der Waals surface area contributed by atoms with E-state index >= 15 is 0 Å². The molecule has 0 aliphatic carbocycles. The van der Waals surface area contributed by atoms with Gasteiger partial charge >= 0.3 is 5.97 Å². The van der Waals surface area contributed by atoms with E-state index in [2.05, 4.69) is 4.98 Å². The van der Waals surface area contributed by atoms with E-state index in [0.29, 0.717) is 5.57 Å². The highest BCUT2D eigenvalue weighted by Gasteiger charge is 2.01. The number of benzene rings is 1. The van der Waals surface area contributed by atoms with Crippen molar-refractivity contribution in [3.05, 3.63) is 71.1 Å². The topological polar surface area (TPSA) is 50.2 Å².